The van der Waals surface area contributed by atoms with Gasteiger partial charge in [-0.15, -0.1) is 0 Å². The second-order valence-corrected chi connectivity index (χ2v) is 6.26. The summed E-state index contributed by atoms with van der Waals surface area (Å²) in [6, 6.07) is 7.74. The summed E-state index contributed by atoms with van der Waals surface area (Å²) in [4.78, 5) is 13.8. The molecule has 0 amide bonds. The maximum atomic E-state index is 11.5. The number of hydrogen-bond donors (Lipinski definition) is 0. The van der Waals surface area contributed by atoms with Crippen LogP contribution in [0.1, 0.15) is 26.2 Å². The number of thioether (sulfide) groups is 1. The minimum atomic E-state index is 0.133. The lowest BCUT2D eigenvalue weighted by molar-refractivity contribution is -0.121. The van der Waals surface area contributed by atoms with E-state index in [0.29, 0.717) is 0 Å². The fourth-order valence-corrected chi connectivity index (χ4v) is 3.46. The Morgan fingerprint density at radius 1 is 1.37 bits per heavy atom. The lowest BCUT2D eigenvalue weighted by Gasteiger charge is -2.24. The van der Waals surface area contributed by atoms with E-state index in [-0.39, 0.29) is 11.7 Å². The SMILES string of the molecule is COC1=C(Sc2ccc(Cl)cc2)CC(C(C)=O)CC1. The van der Waals surface area contributed by atoms with E-state index in [1.54, 1.807) is 25.8 Å². The number of halogens is 1. The summed E-state index contributed by atoms with van der Waals surface area (Å²) in [7, 11) is 1.70. The molecule has 2 rings (SSSR count). The molecule has 0 aliphatic heterocycles. The molecule has 1 aliphatic carbocycles. The number of rotatable bonds is 4. The molecule has 0 spiro atoms. The number of methoxy groups -OCH3 is 1. The predicted octanol–water partition coefficient (Wildman–Crippen LogP) is 4.68. The van der Waals surface area contributed by atoms with Gasteiger partial charge in [-0.05, 0) is 44.0 Å². The van der Waals surface area contributed by atoms with Crippen molar-refractivity contribution < 1.29 is 9.53 Å². The Kier molecular flexibility index (Phi) is 4.94. The number of hydrogen-bond acceptors (Lipinski definition) is 3. The van der Waals surface area contributed by atoms with Crippen molar-refractivity contribution in [3.05, 3.63) is 40.0 Å². The van der Waals surface area contributed by atoms with Gasteiger partial charge < -0.3 is 4.74 Å². The van der Waals surface area contributed by atoms with E-state index in [9.17, 15) is 4.79 Å². The summed E-state index contributed by atoms with van der Waals surface area (Å²) in [5.41, 5.74) is 0. The van der Waals surface area contributed by atoms with Gasteiger partial charge in [0.2, 0.25) is 0 Å². The van der Waals surface area contributed by atoms with E-state index < -0.39 is 0 Å². The molecule has 0 saturated carbocycles. The number of allylic oxidation sites excluding steroid dienone is 2. The first-order valence-corrected chi connectivity index (χ1v) is 7.49. The molecule has 0 heterocycles. The standard InChI is InChI=1S/C15H17ClO2S/c1-10(17)11-3-8-14(18-2)15(9-11)19-13-6-4-12(16)5-7-13/h4-7,11H,3,8-9H2,1-2H3. The number of Topliss-reactive ketones (excluding diaryl/α,β-unsaturated/α-hetero) is 1. The lowest BCUT2D eigenvalue weighted by Crippen LogP contribution is -2.17. The summed E-state index contributed by atoms with van der Waals surface area (Å²) in [5.74, 6) is 1.41. The van der Waals surface area contributed by atoms with Crippen LogP contribution in [0.15, 0.2) is 39.8 Å². The van der Waals surface area contributed by atoms with Gasteiger partial charge >= 0.3 is 0 Å². The molecular weight excluding hydrogens is 280 g/mol. The smallest absolute Gasteiger partial charge is 0.133 e. The summed E-state index contributed by atoms with van der Waals surface area (Å²) < 4.78 is 5.45. The molecule has 19 heavy (non-hydrogen) atoms. The Labute approximate surface area is 123 Å². The molecule has 102 valence electrons. The number of benzene rings is 1. The topological polar surface area (TPSA) is 26.3 Å². The largest absolute Gasteiger partial charge is 0.500 e. The third kappa shape index (κ3) is 3.77. The van der Waals surface area contributed by atoms with Crippen LogP contribution in [-0.2, 0) is 9.53 Å². The summed E-state index contributed by atoms with van der Waals surface area (Å²) in [6.45, 7) is 1.67. The van der Waals surface area contributed by atoms with Crippen molar-refractivity contribution in [1.29, 1.82) is 0 Å². The lowest BCUT2D eigenvalue weighted by atomic mass is 9.90. The summed E-state index contributed by atoms with van der Waals surface area (Å²) >= 11 is 7.56. The van der Waals surface area contributed by atoms with Crippen LogP contribution in [0.25, 0.3) is 0 Å². The molecule has 2 nitrogen and oxygen atoms in total. The Bertz CT molecular complexity index is 493. The van der Waals surface area contributed by atoms with E-state index >= 15 is 0 Å². The van der Waals surface area contributed by atoms with E-state index in [1.165, 1.54) is 0 Å². The van der Waals surface area contributed by atoms with Crippen molar-refractivity contribution in [2.45, 2.75) is 31.1 Å². The number of carbonyl (C=O) groups is 1. The molecule has 0 radical (unpaired) electrons. The van der Waals surface area contributed by atoms with Crippen LogP contribution in [0, 0.1) is 5.92 Å². The molecule has 4 heteroatoms. The average molecular weight is 297 g/mol. The molecule has 0 fully saturated rings. The van der Waals surface area contributed by atoms with Gasteiger partial charge in [-0.25, -0.2) is 0 Å². The summed E-state index contributed by atoms with van der Waals surface area (Å²) in [5, 5.41) is 0.732. The molecule has 0 aromatic heterocycles. The first-order valence-electron chi connectivity index (χ1n) is 6.30. The van der Waals surface area contributed by atoms with E-state index in [4.69, 9.17) is 16.3 Å². The zero-order chi connectivity index (χ0) is 13.8. The van der Waals surface area contributed by atoms with Crippen LogP contribution in [-0.4, -0.2) is 12.9 Å². The first-order chi connectivity index (χ1) is 9.10. The van der Waals surface area contributed by atoms with Gasteiger partial charge in [0.1, 0.15) is 11.5 Å². The van der Waals surface area contributed by atoms with Gasteiger partial charge in [0, 0.05) is 27.2 Å². The van der Waals surface area contributed by atoms with Crippen LogP contribution in [0.5, 0.6) is 0 Å². The van der Waals surface area contributed by atoms with Crippen molar-refractivity contribution in [2.24, 2.45) is 5.92 Å². The molecule has 1 aromatic rings. The highest BCUT2D eigenvalue weighted by atomic mass is 35.5. The number of carbonyl (C=O) groups excluding carboxylic acids is 1. The number of ketones is 1. The molecule has 0 saturated heterocycles. The maximum Gasteiger partial charge on any atom is 0.133 e. The fourth-order valence-electron chi connectivity index (χ4n) is 2.19. The zero-order valence-electron chi connectivity index (χ0n) is 11.1. The molecular formula is C15H17ClO2S. The Balaban J connectivity index is 2.16. The van der Waals surface area contributed by atoms with Gasteiger partial charge in [-0.1, -0.05) is 23.4 Å². The third-order valence-corrected chi connectivity index (χ3v) is 4.74. The van der Waals surface area contributed by atoms with E-state index in [2.05, 4.69) is 0 Å². The quantitative estimate of drug-likeness (QED) is 0.807. The van der Waals surface area contributed by atoms with Gasteiger partial charge in [-0.3, -0.25) is 4.79 Å². The van der Waals surface area contributed by atoms with Crippen molar-refractivity contribution in [3.63, 3.8) is 0 Å². The van der Waals surface area contributed by atoms with Crippen LogP contribution in [0.3, 0.4) is 0 Å². The molecule has 1 unspecified atom stereocenters. The highest BCUT2D eigenvalue weighted by molar-refractivity contribution is 8.03. The van der Waals surface area contributed by atoms with Crippen molar-refractivity contribution in [1.82, 2.24) is 0 Å². The first kappa shape index (κ1) is 14.5. The second kappa shape index (κ2) is 6.49. The summed E-state index contributed by atoms with van der Waals surface area (Å²) in [6.07, 6.45) is 2.52. The maximum absolute atomic E-state index is 11.5. The average Bonchev–Trinajstić information content (AvgIpc) is 2.41. The zero-order valence-corrected chi connectivity index (χ0v) is 12.7. The Morgan fingerprint density at radius 3 is 2.63 bits per heavy atom. The molecule has 1 aliphatic rings. The van der Waals surface area contributed by atoms with Crippen molar-refractivity contribution in [2.75, 3.05) is 7.11 Å². The van der Waals surface area contributed by atoms with Gasteiger partial charge in [0.15, 0.2) is 0 Å². The molecule has 0 bridgehead atoms. The van der Waals surface area contributed by atoms with Crippen LogP contribution >= 0.6 is 23.4 Å². The van der Waals surface area contributed by atoms with Gasteiger partial charge in [0.25, 0.3) is 0 Å². The molecule has 1 aromatic carbocycles. The van der Waals surface area contributed by atoms with Crippen molar-refractivity contribution >= 4 is 29.1 Å². The number of ether oxygens (including phenoxy) is 1. The molecule has 0 N–H and O–H groups in total. The van der Waals surface area contributed by atoms with Crippen LogP contribution in [0.4, 0.5) is 0 Å². The van der Waals surface area contributed by atoms with Crippen molar-refractivity contribution in [3.8, 4) is 0 Å². The predicted molar refractivity (Wildman–Crippen MR) is 79.4 cm³/mol. The third-order valence-electron chi connectivity index (χ3n) is 3.34. The van der Waals surface area contributed by atoms with Crippen LogP contribution in [0.2, 0.25) is 5.02 Å². The molecule has 1 atom stereocenters. The normalized spacial score (nSPS) is 19.4. The highest BCUT2D eigenvalue weighted by Gasteiger charge is 2.25. The Hall–Kier alpha value is -0.930. The van der Waals surface area contributed by atoms with Gasteiger partial charge in [-0.2, -0.15) is 0 Å². The monoisotopic (exact) mass is 296 g/mol. The van der Waals surface area contributed by atoms with Gasteiger partial charge in [0.05, 0.1) is 7.11 Å². The fraction of sp³-hybridized carbons (Fsp3) is 0.400. The highest BCUT2D eigenvalue weighted by Crippen LogP contribution is 2.40. The Morgan fingerprint density at radius 2 is 2.05 bits per heavy atom. The minimum absolute atomic E-state index is 0.133. The van der Waals surface area contributed by atoms with Crippen LogP contribution < -0.4 is 0 Å². The second-order valence-electron chi connectivity index (χ2n) is 4.66. The minimum Gasteiger partial charge on any atom is -0.500 e. The van der Waals surface area contributed by atoms with E-state index in [0.717, 1.165) is 39.8 Å². The van der Waals surface area contributed by atoms with E-state index in [1.807, 2.05) is 24.3 Å².